The molecular weight excluding hydrogens is 354 g/mol. The maximum absolute atomic E-state index is 12.4. The Bertz CT molecular complexity index is 902. The van der Waals surface area contributed by atoms with Gasteiger partial charge in [0.25, 0.3) is 0 Å². The van der Waals surface area contributed by atoms with Crippen molar-refractivity contribution < 1.29 is 13.9 Å². The van der Waals surface area contributed by atoms with Crippen LogP contribution in [-0.2, 0) is 0 Å². The Labute approximate surface area is 165 Å². The second-order valence-corrected chi connectivity index (χ2v) is 7.02. The number of benzene rings is 2. The summed E-state index contributed by atoms with van der Waals surface area (Å²) < 4.78 is 11.1. The molecule has 3 aromatic rings. The molecule has 0 aliphatic carbocycles. The number of nitrogens with zero attached hydrogens (tertiary/aromatic N) is 1. The van der Waals surface area contributed by atoms with Gasteiger partial charge in [0.05, 0.1) is 19.2 Å². The van der Waals surface area contributed by atoms with E-state index in [1.165, 1.54) is 0 Å². The Kier molecular flexibility index (Phi) is 6.21. The molecule has 2 amide bonds. The summed E-state index contributed by atoms with van der Waals surface area (Å²) in [5.74, 6) is 1.53. The average molecular weight is 381 g/mol. The molecule has 0 aliphatic rings. The van der Waals surface area contributed by atoms with Gasteiger partial charge in [0.15, 0.2) is 0 Å². The van der Waals surface area contributed by atoms with Crippen LogP contribution in [0.25, 0.3) is 11.0 Å². The number of ether oxygens (including phenoxy) is 1. The highest BCUT2D eigenvalue weighted by Crippen LogP contribution is 2.24. The molecule has 1 heterocycles. The number of rotatable bonds is 7. The molecule has 0 radical (unpaired) electrons. The lowest BCUT2D eigenvalue weighted by molar-refractivity contribution is 0.228. The number of fused-ring (bicyclic) bond motifs is 1. The van der Waals surface area contributed by atoms with Crippen molar-refractivity contribution in [3.63, 3.8) is 0 Å². The van der Waals surface area contributed by atoms with E-state index < -0.39 is 0 Å². The van der Waals surface area contributed by atoms with Gasteiger partial charge in [0.2, 0.25) is 0 Å². The quantitative estimate of drug-likeness (QED) is 0.646. The van der Waals surface area contributed by atoms with Crippen LogP contribution in [0, 0.1) is 0 Å². The van der Waals surface area contributed by atoms with Crippen LogP contribution in [0.3, 0.4) is 0 Å². The average Bonchev–Trinajstić information content (AvgIpc) is 3.12. The molecule has 0 saturated carbocycles. The highest BCUT2D eigenvalue weighted by atomic mass is 16.5. The van der Waals surface area contributed by atoms with Crippen LogP contribution in [0.5, 0.6) is 5.75 Å². The molecule has 0 bridgehead atoms. The lowest BCUT2D eigenvalue weighted by atomic mass is 10.1. The summed E-state index contributed by atoms with van der Waals surface area (Å²) in [6, 6.07) is 17.2. The Morgan fingerprint density at radius 3 is 2.64 bits per heavy atom. The van der Waals surface area contributed by atoms with Crippen molar-refractivity contribution in [3.8, 4) is 5.75 Å². The number of urea groups is 1. The van der Waals surface area contributed by atoms with Crippen molar-refractivity contribution in [1.82, 2.24) is 15.5 Å². The smallest absolute Gasteiger partial charge is 0.315 e. The van der Waals surface area contributed by atoms with Gasteiger partial charge < -0.3 is 24.7 Å². The number of amides is 2. The van der Waals surface area contributed by atoms with Gasteiger partial charge in [-0.15, -0.1) is 0 Å². The van der Waals surface area contributed by atoms with Crippen molar-refractivity contribution in [3.05, 3.63) is 65.9 Å². The first-order chi connectivity index (χ1) is 13.5. The van der Waals surface area contributed by atoms with Crippen LogP contribution in [0.4, 0.5) is 4.79 Å². The third-order valence-electron chi connectivity index (χ3n) is 4.78. The topological polar surface area (TPSA) is 66.7 Å². The normalized spacial score (nSPS) is 13.3. The van der Waals surface area contributed by atoms with E-state index >= 15 is 0 Å². The second kappa shape index (κ2) is 8.80. The molecule has 0 fully saturated rings. The van der Waals surface area contributed by atoms with Crippen LogP contribution < -0.4 is 15.4 Å². The Morgan fingerprint density at radius 1 is 1.14 bits per heavy atom. The Morgan fingerprint density at radius 2 is 1.93 bits per heavy atom. The fourth-order valence-corrected chi connectivity index (χ4v) is 3.17. The van der Waals surface area contributed by atoms with E-state index in [0.717, 1.165) is 28.0 Å². The van der Waals surface area contributed by atoms with Gasteiger partial charge in [-0.1, -0.05) is 30.3 Å². The maximum Gasteiger partial charge on any atom is 0.315 e. The van der Waals surface area contributed by atoms with Gasteiger partial charge in [0, 0.05) is 11.9 Å². The number of likely N-dealkylation sites (N-methyl/N-ethyl adjacent to an activating group) is 1. The van der Waals surface area contributed by atoms with Crippen molar-refractivity contribution in [2.24, 2.45) is 0 Å². The number of hydrogen-bond acceptors (Lipinski definition) is 4. The predicted molar refractivity (Wildman–Crippen MR) is 111 cm³/mol. The number of furan rings is 1. The van der Waals surface area contributed by atoms with Crippen LogP contribution in [0.1, 0.15) is 30.3 Å². The molecule has 6 heteroatoms. The summed E-state index contributed by atoms with van der Waals surface area (Å²) in [4.78, 5) is 14.5. The standard InChI is InChI=1S/C22H27N3O3/c1-15(21-13-17-8-5-6-11-20(17)28-21)24-22(26)23-14-19(25(2)3)16-9-7-10-18(12-16)27-4/h5-13,15,19H,14H2,1-4H3,(H2,23,24,26). The zero-order chi connectivity index (χ0) is 20.1. The lowest BCUT2D eigenvalue weighted by Gasteiger charge is -2.25. The molecule has 148 valence electrons. The first-order valence-electron chi connectivity index (χ1n) is 9.31. The van der Waals surface area contributed by atoms with Crippen molar-refractivity contribution >= 4 is 17.0 Å². The van der Waals surface area contributed by atoms with E-state index in [1.807, 2.05) is 75.6 Å². The molecule has 2 atom stereocenters. The summed E-state index contributed by atoms with van der Waals surface area (Å²) in [6.07, 6.45) is 0. The van der Waals surface area contributed by atoms with Gasteiger partial charge >= 0.3 is 6.03 Å². The van der Waals surface area contributed by atoms with Gasteiger partial charge in [-0.2, -0.15) is 0 Å². The highest BCUT2D eigenvalue weighted by molar-refractivity contribution is 5.78. The maximum atomic E-state index is 12.4. The van der Waals surface area contributed by atoms with Crippen molar-refractivity contribution in [2.45, 2.75) is 19.0 Å². The van der Waals surface area contributed by atoms with Gasteiger partial charge in [-0.25, -0.2) is 4.79 Å². The Balaban J connectivity index is 1.61. The van der Waals surface area contributed by atoms with Crippen molar-refractivity contribution in [2.75, 3.05) is 27.7 Å². The molecule has 2 aromatic carbocycles. The zero-order valence-electron chi connectivity index (χ0n) is 16.7. The molecule has 2 unspecified atom stereocenters. The molecule has 2 N–H and O–H groups in total. The first-order valence-corrected chi connectivity index (χ1v) is 9.31. The molecule has 0 aliphatic heterocycles. The Hall–Kier alpha value is -2.99. The minimum absolute atomic E-state index is 0.0300. The highest BCUT2D eigenvalue weighted by Gasteiger charge is 2.18. The number of nitrogens with one attached hydrogen (secondary N) is 2. The van der Waals surface area contributed by atoms with Crippen LogP contribution >= 0.6 is 0 Å². The van der Waals surface area contributed by atoms with Gasteiger partial charge in [0.1, 0.15) is 17.1 Å². The van der Waals surface area contributed by atoms with E-state index in [4.69, 9.17) is 9.15 Å². The molecule has 0 saturated heterocycles. The minimum atomic E-state index is -0.234. The number of hydrogen-bond donors (Lipinski definition) is 2. The summed E-state index contributed by atoms with van der Waals surface area (Å²) in [5, 5.41) is 6.92. The third kappa shape index (κ3) is 4.64. The number of methoxy groups -OCH3 is 1. The third-order valence-corrected chi connectivity index (χ3v) is 4.78. The molecule has 0 spiro atoms. The summed E-state index contributed by atoms with van der Waals surface area (Å²) >= 11 is 0. The monoisotopic (exact) mass is 381 g/mol. The van der Waals surface area contributed by atoms with Gasteiger partial charge in [-0.05, 0) is 50.8 Å². The van der Waals surface area contributed by atoms with E-state index in [2.05, 4.69) is 15.5 Å². The number of para-hydroxylation sites is 1. The number of carbonyl (C=O) groups excluding carboxylic acids is 1. The zero-order valence-corrected chi connectivity index (χ0v) is 16.7. The van der Waals surface area contributed by atoms with Crippen LogP contribution in [0.15, 0.2) is 59.0 Å². The largest absolute Gasteiger partial charge is 0.497 e. The first kappa shape index (κ1) is 19.8. The van der Waals surface area contributed by atoms with Gasteiger partial charge in [-0.3, -0.25) is 0 Å². The van der Waals surface area contributed by atoms with Crippen molar-refractivity contribution in [1.29, 1.82) is 0 Å². The molecule has 6 nitrogen and oxygen atoms in total. The molecule has 1 aromatic heterocycles. The van der Waals surface area contributed by atoms with E-state index in [-0.39, 0.29) is 18.1 Å². The lowest BCUT2D eigenvalue weighted by Crippen LogP contribution is -2.41. The van der Waals surface area contributed by atoms with E-state index in [9.17, 15) is 4.79 Å². The summed E-state index contributed by atoms with van der Waals surface area (Å²) in [7, 11) is 5.62. The summed E-state index contributed by atoms with van der Waals surface area (Å²) in [6.45, 7) is 2.38. The summed E-state index contributed by atoms with van der Waals surface area (Å²) in [5.41, 5.74) is 1.90. The number of carbonyl (C=O) groups is 1. The van der Waals surface area contributed by atoms with Crippen LogP contribution in [-0.4, -0.2) is 38.7 Å². The molecular formula is C22H27N3O3. The second-order valence-electron chi connectivity index (χ2n) is 7.02. The van der Waals surface area contributed by atoms with E-state index in [0.29, 0.717) is 6.54 Å². The fourth-order valence-electron chi connectivity index (χ4n) is 3.17. The SMILES string of the molecule is COc1cccc(C(CNC(=O)NC(C)c2cc3ccccc3o2)N(C)C)c1. The molecule has 28 heavy (non-hydrogen) atoms. The fraction of sp³-hybridized carbons (Fsp3) is 0.318. The predicted octanol–water partition coefficient (Wildman–Crippen LogP) is 4.10. The van der Waals surface area contributed by atoms with E-state index in [1.54, 1.807) is 7.11 Å². The molecule has 3 rings (SSSR count). The minimum Gasteiger partial charge on any atom is -0.497 e. The van der Waals surface area contributed by atoms with Crippen LogP contribution in [0.2, 0.25) is 0 Å².